The van der Waals surface area contributed by atoms with Gasteiger partial charge in [-0.15, -0.1) is 11.3 Å². The van der Waals surface area contributed by atoms with Crippen molar-refractivity contribution in [1.29, 1.82) is 0 Å². The summed E-state index contributed by atoms with van der Waals surface area (Å²) in [5.41, 5.74) is 0.681. The number of morpholine rings is 1. The van der Waals surface area contributed by atoms with Gasteiger partial charge in [0, 0.05) is 28.0 Å². The molecule has 0 bridgehead atoms. The molecule has 6 nitrogen and oxygen atoms in total. The number of thiophene rings is 1. The van der Waals surface area contributed by atoms with Gasteiger partial charge in [-0.3, -0.25) is 4.79 Å². The first kappa shape index (κ1) is 20.6. The van der Waals surface area contributed by atoms with Crippen LogP contribution in [-0.4, -0.2) is 44.9 Å². The molecule has 1 fully saturated rings. The zero-order chi connectivity index (χ0) is 19.4. The summed E-state index contributed by atoms with van der Waals surface area (Å²) in [6, 6.07) is 8.27. The molecule has 0 spiro atoms. The van der Waals surface area contributed by atoms with Crippen LogP contribution in [0.3, 0.4) is 0 Å². The lowest BCUT2D eigenvalue weighted by Crippen LogP contribution is -2.40. The SMILES string of the molecule is O=C(Cc1ccc(Cl)cc1Cl)NCc1ccc(S(=O)(=O)N2CCOCC2)s1. The van der Waals surface area contributed by atoms with Crippen LogP contribution in [0.1, 0.15) is 10.4 Å². The second-order valence-electron chi connectivity index (χ2n) is 5.93. The number of sulfonamides is 1. The highest BCUT2D eigenvalue weighted by atomic mass is 35.5. The molecule has 1 aromatic carbocycles. The molecule has 10 heteroatoms. The molecule has 0 unspecified atom stereocenters. The molecule has 0 atom stereocenters. The quantitative estimate of drug-likeness (QED) is 0.736. The van der Waals surface area contributed by atoms with Crippen molar-refractivity contribution < 1.29 is 17.9 Å². The topological polar surface area (TPSA) is 75.7 Å². The Labute approximate surface area is 172 Å². The molecular weight excluding hydrogens is 431 g/mol. The first-order chi connectivity index (χ1) is 12.9. The average molecular weight is 449 g/mol. The van der Waals surface area contributed by atoms with Gasteiger partial charge in [-0.2, -0.15) is 4.31 Å². The van der Waals surface area contributed by atoms with Gasteiger partial charge in [0.1, 0.15) is 4.21 Å². The van der Waals surface area contributed by atoms with E-state index in [2.05, 4.69) is 5.32 Å². The molecule has 1 aromatic heterocycles. The Morgan fingerprint density at radius 1 is 1.19 bits per heavy atom. The number of carbonyl (C=O) groups is 1. The fourth-order valence-electron chi connectivity index (χ4n) is 2.59. The summed E-state index contributed by atoms with van der Waals surface area (Å²) < 4.78 is 32.1. The molecule has 1 aliphatic heterocycles. The zero-order valence-corrected chi connectivity index (χ0v) is 17.4. The summed E-state index contributed by atoms with van der Waals surface area (Å²) >= 11 is 13.1. The fraction of sp³-hybridized carbons (Fsp3) is 0.353. The Hall–Kier alpha value is -1.16. The maximum absolute atomic E-state index is 12.6. The third-order valence-corrected chi connectivity index (χ3v) is 8.07. The van der Waals surface area contributed by atoms with Gasteiger partial charge >= 0.3 is 0 Å². The van der Waals surface area contributed by atoms with Gasteiger partial charge < -0.3 is 10.1 Å². The number of nitrogens with zero attached hydrogens (tertiary/aromatic N) is 1. The van der Waals surface area contributed by atoms with Gasteiger partial charge in [0.2, 0.25) is 5.91 Å². The van der Waals surface area contributed by atoms with Crippen molar-refractivity contribution in [2.45, 2.75) is 17.2 Å². The van der Waals surface area contributed by atoms with Crippen LogP contribution in [0.5, 0.6) is 0 Å². The molecule has 146 valence electrons. The van der Waals surface area contributed by atoms with Gasteiger partial charge in [-0.1, -0.05) is 29.3 Å². The van der Waals surface area contributed by atoms with E-state index in [0.29, 0.717) is 41.9 Å². The van der Waals surface area contributed by atoms with Crippen molar-refractivity contribution in [1.82, 2.24) is 9.62 Å². The van der Waals surface area contributed by atoms with E-state index in [1.54, 1.807) is 30.3 Å². The number of rotatable bonds is 6. The Morgan fingerprint density at radius 3 is 2.63 bits per heavy atom. The van der Waals surface area contributed by atoms with Gasteiger partial charge in [0.25, 0.3) is 10.0 Å². The number of carbonyl (C=O) groups excluding carboxylic acids is 1. The van der Waals surface area contributed by atoms with Crippen molar-refractivity contribution in [3.8, 4) is 0 Å². The molecule has 0 saturated carbocycles. The molecule has 2 heterocycles. The molecule has 0 radical (unpaired) electrons. The minimum atomic E-state index is -3.51. The van der Waals surface area contributed by atoms with Crippen LogP contribution in [0, 0.1) is 0 Å². The standard InChI is InChI=1S/C17H18Cl2N2O4S2/c18-13-2-1-12(15(19)10-13)9-16(22)20-11-14-3-4-17(26-14)27(23,24)21-5-7-25-8-6-21/h1-4,10H,5-9,11H2,(H,20,22). The first-order valence-corrected chi connectivity index (χ1v) is 11.2. The molecule has 2 aromatic rings. The molecule has 1 aliphatic rings. The van der Waals surface area contributed by atoms with Crippen molar-refractivity contribution >= 4 is 50.5 Å². The van der Waals surface area contributed by atoms with Crippen LogP contribution in [0.15, 0.2) is 34.5 Å². The zero-order valence-electron chi connectivity index (χ0n) is 14.3. The Balaban J connectivity index is 1.58. The highest BCUT2D eigenvalue weighted by Gasteiger charge is 2.27. The van der Waals surface area contributed by atoms with Crippen LogP contribution in [-0.2, 0) is 32.5 Å². The third kappa shape index (κ3) is 5.22. The molecule has 3 rings (SSSR count). The van der Waals surface area contributed by atoms with Crippen molar-refractivity contribution in [3.05, 3.63) is 50.8 Å². The van der Waals surface area contributed by atoms with E-state index >= 15 is 0 Å². The minimum absolute atomic E-state index is 0.125. The third-order valence-electron chi connectivity index (χ3n) is 4.03. The number of ether oxygens (including phenoxy) is 1. The van der Waals surface area contributed by atoms with E-state index in [-0.39, 0.29) is 23.1 Å². The maximum Gasteiger partial charge on any atom is 0.252 e. The number of hydrogen-bond donors (Lipinski definition) is 1. The van der Waals surface area contributed by atoms with Crippen LogP contribution >= 0.6 is 34.5 Å². The summed E-state index contributed by atoms with van der Waals surface area (Å²) in [6.45, 7) is 1.78. The molecular formula is C17H18Cl2N2O4S2. The second kappa shape index (κ2) is 8.89. The Morgan fingerprint density at radius 2 is 1.93 bits per heavy atom. The van der Waals surface area contributed by atoms with Crippen molar-refractivity contribution in [3.63, 3.8) is 0 Å². The summed E-state index contributed by atoms with van der Waals surface area (Å²) in [5, 5.41) is 3.73. The lowest BCUT2D eigenvalue weighted by molar-refractivity contribution is -0.120. The molecule has 0 aliphatic carbocycles. The Kier molecular flexibility index (Phi) is 6.78. The van der Waals surface area contributed by atoms with E-state index in [9.17, 15) is 13.2 Å². The van der Waals surface area contributed by atoms with Gasteiger partial charge in [0.05, 0.1) is 26.2 Å². The van der Waals surface area contributed by atoms with E-state index in [1.807, 2.05) is 0 Å². The average Bonchev–Trinajstić information content (AvgIpc) is 3.13. The number of amides is 1. The van der Waals surface area contributed by atoms with Crippen LogP contribution in [0.4, 0.5) is 0 Å². The minimum Gasteiger partial charge on any atom is -0.379 e. The Bertz CT molecular complexity index is 925. The number of halogens is 2. The number of nitrogens with one attached hydrogen (secondary N) is 1. The van der Waals surface area contributed by atoms with Gasteiger partial charge in [-0.25, -0.2) is 8.42 Å². The lowest BCUT2D eigenvalue weighted by Gasteiger charge is -2.25. The fourth-order valence-corrected chi connectivity index (χ4v) is 5.93. The van der Waals surface area contributed by atoms with Gasteiger partial charge in [0.15, 0.2) is 0 Å². The van der Waals surface area contributed by atoms with Crippen molar-refractivity contribution in [2.24, 2.45) is 0 Å². The maximum atomic E-state index is 12.6. The van der Waals surface area contributed by atoms with E-state index in [4.69, 9.17) is 27.9 Å². The first-order valence-electron chi connectivity index (χ1n) is 8.23. The molecule has 1 N–H and O–H groups in total. The lowest BCUT2D eigenvalue weighted by atomic mass is 10.1. The predicted molar refractivity (Wildman–Crippen MR) is 106 cm³/mol. The normalized spacial score (nSPS) is 15.6. The summed E-state index contributed by atoms with van der Waals surface area (Å²) in [4.78, 5) is 12.9. The van der Waals surface area contributed by atoms with Crippen LogP contribution in [0.2, 0.25) is 10.0 Å². The van der Waals surface area contributed by atoms with Crippen LogP contribution < -0.4 is 5.32 Å². The van der Waals surface area contributed by atoms with E-state index < -0.39 is 10.0 Å². The smallest absolute Gasteiger partial charge is 0.252 e. The van der Waals surface area contributed by atoms with Crippen molar-refractivity contribution in [2.75, 3.05) is 26.3 Å². The van der Waals surface area contributed by atoms with Crippen LogP contribution in [0.25, 0.3) is 0 Å². The summed E-state index contributed by atoms with van der Waals surface area (Å²) in [7, 11) is -3.51. The van der Waals surface area contributed by atoms with Gasteiger partial charge in [-0.05, 0) is 29.8 Å². The highest BCUT2D eigenvalue weighted by molar-refractivity contribution is 7.91. The number of benzene rings is 1. The molecule has 1 saturated heterocycles. The largest absolute Gasteiger partial charge is 0.379 e. The predicted octanol–water partition coefficient (Wildman–Crippen LogP) is 2.93. The molecule has 27 heavy (non-hydrogen) atoms. The molecule has 1 amide bonds. The number of hydrogen-bond acceptors (Lipinski definition) is 5. The monoisotopic (exact) mass is 448 g/mol. The highest BCUT2D eigenvalue weighted by Crippen LogP contribution is 2.26. The summed E-state index contributed by atoms with van der Waals surface area (Å²) in [5.74, 6) is -0.204. The van der Waals surface area contributed by atoms with E-state index in [1.165, 1.54) is 4.31 Å². The summed E-state index contributed by atoms with van der Waals surface area (Å²) in [6.07, 6.45) is 0.125. The van der Waals surface area contributed by atoms with E-state index in [0.717, 1.165) is 16.2 Å². The second-order valence-corrected chi connectivity index (χ2v) is 10.1.